The quantitative estimate of drug-likeness (QED) is 0.745. The first-order chi connectivity index (χ1) is 12.2. The van der Waals surface area contributed by atoms with E-state index in [-0.39, 0.29) is 6.04 Å². The lowest BCUT2D eigenvalue weighted by Crippen LogP contribution is -2.32. The number of fused-ring (bicyclic) bond motifs is 1. The SMILES string of the molecule is CCC(C)NS(=O)(=O)c1cc(-c2cnn3c(C)cc(C)nc23)ccc1C. The monoisotopic (exact) mass is 372 g/mol. The highest BCUT2D eigenvalue weighted by molar-refractivity contribution is 7.89. The number of rotatable bonds is 5. The Morgan fingerprint density at radius 2 is 1.92 bits per heavy atom. The Kier molecular flexibility index (Phi) is 4.86. The third kappa shape index (κ3) is 3.37. The zero-order chi connectivity index (χ0) is 19.1. The second-order valence-corrected chi connectivity index (χ2v) is 8.43. The zero-order valence-corrected chi connectivity index (χ0v) is 16.6. The van der Waals surface area contributed by atoms with Crippen molar-refractivity contribution in [1.29, 1.82) is 0 Å². The number of benzene rings is 1. The number of hydrogen-bond acceptors (Lipinski definition) is 4. The van der Waals surface area contributed by atoms with Crippen molar-refractivity contribution in [3.8, 4) is 11.1 Å². The van der Waals surface area contributed by atoms with Gasteiger partial charge in [-0.2, -0.15) is 5.10 Å². The number of nitrogens with one attached hydrogen (secondary N) is 1. The Morgan fingerprint density at radius 3 is 2.62 bits per heavy atom. The molecule has 2 aromatic heterocycles. The Balaban J connectivity index is 2.14. The molecule has 0 aliphatic rings. The van der Waals surface area contributed by atoms with E-state index in [0.29, 0.717) is 10.5 Å². The first kappa shape index (κ1) is 18.5. The van der Waals surface area contributed by atoms with Gasteiger partial charge in [0.15, 0.2) is 5.65 Å². The predicted molar refractivity (Wildman–Crippen MR) is 103 cm³/mol. The van der Waals surface area contributed by atoms with Crippen molar-refractivity contribution in [2.24, 2.45) is 0 Å². The Hall–Kier alpha value is -2.25. The van der Waals surface area contributed by atoms with Gasteiger partial charge in [-0.05, 0) is 57.4 Å². The normalized spacial score (nSPS) is 13.3. The smallest absolute Gasteiger partial charge is 0.233 e. The Labute approximate surface area is 154 Å². The summed E-state index contributed by atoms with van der Waals surface area (Å²) in [7, 11) is -3.58. The van der Waals surface area contributed by atoms with Gasteiger partial charge in [0.05, 0.1) is 11.1 Å². The molecule has 0 spiro atoms. The number of aryl methyl sites for hydroxylation is 3. The molecular weight excluding hydrogens is 348 g/mol. The minimum Gasteiger partial charge on any atom is -0.233 e. The molecule has 1 N–H and O–H groups in total. The number of aromatic nitrogens is 3. The van der Waals surface area contributed by atoms with E-state index in [1.165, 1.54) is 0 Å². The molecule has 1 aromatic carbocycles. The van der Waals surface area contributed by atoms with Crippen LogP contribution in [0, 0.1) is 20.8 Å². The summed E-state index contributed by atoms with van der Waals surface area (Å²) in [6.45, 7) is 9.52. The third-order valence-electron chi connectivity index (χ3n) is 4.54. The molecule has 26 heavy (non-hydrogen) atoms. The van der Waals surface area contributed by atoms with E-state index in [1.807, 2.05) is 45.9 Å². The molecule has 0 amide bonds. The molecular formula is C19H24N4O2S. The van der Waals surface area contributed by atoms with Crippen LogP contribution in [0.2, 0.25) is 0 Å². The maximum atomic E-state index is 12.8. The molecule has 0 fully saturated rings. The van der Waals surface area contributed by atoms with Gasteiger partial charge in [-0.15, -0.1) is 0 Å². The molecule has 3 aromatic rings. The molecule has 3 rings (SSSR count). The number of nitrogens with zero attached hydrogens (tertiary/aromatic N) is 3. The van der Waals surface area contributed by atoms with Gasteiger partial charge in [0.2, 0.25) is 10.0 Å². The van der Waals surface area contributed by atoms with Crippen molar-refractivity contribution in [1.82, 2.24) is 19.3 Å². The molecule has 1 atom stereocenters. The van der Waals surface area contributed by atoms with Crippen LogP contribution in [0.4, 0.5) is 0 Å². The van der Waals surface area contributed by atoms with Gasteiger partial charge in [0.1, 0.15) is 0 Å². The molecule has 0 aliphatic carbocycles. The van der Waals surface area contributed by atoms with Crippen LogP contribution < -0.4 is 4.72 Å². The van der Waals surface area contributed by atoms with Crippen molar-refractivity contribution in [2.75, 3.05) is 0 Å². The van der Waals surface area contributed by atoms with E-state index in [1.54, 1.807) is 23.7 Å². The minimum atomic E-state index is -3.58. The molecule has 0 bridgehead atoms. The van der Waals surface area contributed by atoms with Crippen molar-refractivity contribution in [2.45, 2.75) is 52.0 Å². The van der Waals surface area contributed by atoms with E-state index in [4.69, 9.17) is 0 Å². The molecule has 0 aliphatic heterocycles. The van der Waals surface area contributed by atoms with Crippen LogP contribution in [0.1, 0.15) is 37.2 Å². The average Bonchev–Trinajstić information content (AvgIpc) is 2.98. The number of hydrogen-bond donors (Lipinski definition) is 1. The molecule has 138 valence electrons. The first-order valence-corrected chi connectivity index (χ1v) is 10.2. The van der Waals surface area contributed by atoms with E-state index in [0.717, 1.165) is 34.6 Å². The standard InChI is InChI=1S/C19H24N4O2S/c1-6-13(3)22-26(24,25)18-10-16(8-7-12(18)2)17-11-20-23-15(5)9-14(4)21-19(17)23/h7-11,13,22H,6H2,1-5H3. The average molecular weight is 372 g/mol. The lowest BCUT2D eigenvalue weighted by molar-refractivity contribution is 0.555. The molecule has 2 heterocycles. The van der Waals surface area contributed by atoms with Gasteiger partial charge >= 0.3 is 0 Å². The van der Waals surface area contributed by atoms with Crippen LogP contribution in [-0.2, 0) is 10.0 Å². The fourth-order valence-electron chi connectivity index (χ4n) is 2.94. The fraction of sp³-hybridized carbons (Fsp3) is 0.368. The topological polar surface area (TPSA) is 76.4 Å². The van der Waals surface area contributed by atoms with Crippen molar-refractivity contribution < 1.29 is 8.42 Å². The van der Waals surface area contributed by atoms with Crippen LogP contribution in [0.5, 0.6) is 0 Å². The summed E-state index contributed by atoms with van der Waals surface area (Å²) in [5, 5.41) is 4.40. The van der Waals surface area contributed by atoms with Crippen LogP contribution in [-0.4, -0.2) is 29.1 Å². The maximum Gasteiger partial charge on any atom is 0.241 e. The van der Waals surface area contributed by atoms with E-state index >= 15 is 0 Å². The van der Waals surface area contributed by atoms with Crippen molar-refractivity contribution >= 4 is 15.7 Å². The molecule has 7 heteroatoms. The maximum absolute atomic E-state index is 12.8. The summed E-state index contributed by atoms with van der Waals surface area (Å²) in [5.74, 6) is 0. The second-order valence-electron chi connectivity index (χ2n) is 6.74. The summed E-state index contributed by atoms with van der Waals surface area (Å²) in [6, 6.07) is 7.29. The van der Waals surface area contributed by atoms with Gasteiger partial charge in [0.25, 0.3) is 0 Å². The van der Waals surface area contributed by atoms with Crippen LogP contribution in [0.3, 0.4) is 0 Å². The van der Waals surface area contributed by atoms with Crippen molar-refractivity contribution in [3.63, 3.8) is 0 Å². The summed E-state index contributed by atoms with van der Waals surface area (Å²) in [6.07, 6.45) is 2.46. The minimum absolute atomic E-state index is 0.119. The van der Waals surface area contributed by atoms with Crippen LogP contribution >= 0.6 is 0 Å². The molecule has 0 saturated carbocycles. The van der Waals surface area contributed by atoms with E-state index in [2.05, 4.69) is 14.8 Å². The molecule has 0 saturated heterocycles. The summed E-state index contributed by atoms with van der Waals surface area (Å²) in [5.41, 5.74) is 4.92. The lowest BCUT2D eigenvalue weighted by Gasteiger charge is -2.14. The third-order valence-corrected chi connectivity index (χ3v) is 6.27. The summed E-state index contributed by atoms with van der Waals surface area (Å²) < 4.78 is 30.0. The van der Waals surface area contributed by atoms with Gasteiger partial charge in [0, 0.05) is 23.0 Å². The highest BCUT2D eigenvalue weighted by Gasteiger charge is 2.20. The molecule has 0 radical (unpaired) electrons. The summed E-state index contributed by atoms with van der Waals surface area (Å²) in [4.78, 5) is 4.87. The summed E-state index contributed by atoms with van der Waals surface area (Å²) >= 11 is 0. The highest BCUT2D eigenvalue weighted by Crippen LogP contribution is 2.28. The largest absolute Gasteiger partial charge is 0.241 e. The van der Waals surface area contributed by atoms with Gasteiger partial charge in [-0.25, -0.2) is 22.6 Å². The Morgan fingerprint density at radius 1 is 1.19 bits per heavy atom. The van der Waals surface area contributed by atoms with Crippen molar-refractivity contribution in [3.05, 3.63) is 47.4 Å². The van der Waals surface area contributed by atoms with Crippen LogP contribution in [0.15, 0.2) is 35.4 Å². The van der Waals surface area contributed by atoms with Crippen LogP contribution in [0.25, 0.3) is 16.8 Å². The predicted octanol–water partition coefficient (Wildman–Crippen LogP) is 3.40. The number of sulfonamides is 1. The van der Waals surface area contributed by atoms with Gasteiger partial charge < -0.3 is 0 Å². The molecule has 6 nitrogen and oxygen atoms in total. The fourth-order valence-corrected chi connectivity index (χ4v) is 4.54. The lowest BCUT2D eigenvalue weighted by atomic mass is 10.1. The second kappa shape index (κ2) is 6.81. The molecule has 1 unspecified atom stereocenters. The van der Waals surface area contributed by atoms with E-state index < -0.39 is 10.0 Å². The highest BCUT2D eigenvalue weighted by atomic mass is 32.2. The van der Waals surface area contributed by atoms with Gasteiger partial charge in [-0.1, -0.05) is 19.1 Å². The Bertz CT molecular complexity index is 1070. The van der Waals surface area contributed by atoms with E-state index in [9.17, 15) is 8.42 Å². The van der Waals surface area contributed by atoms with Gasteiger partial charge in [-0.3, -0.25) is 0 Å². The first-order valence-electron chi connectivity index (χ1n) is 8.68. The zero-order valence-electron chi connectivity index (χ0n) is 15.7.